The summed E-state index contributed by atoms with van der Waals surface area (Å²) in [5.41, 5.74) is 5.40. The number of nitrogens with one attached hydrogen (secondary N) is 1. The average molecular weight is 434 g/mol. The van der Waals surface area contributed by atoms with E-state index in [9.17, 15) is 4.79 Å². The number of hydrogen-bond acceptors (Lipinski definition) is 4. The van der Waals surface area contributed by atoms with E-state index in [1.165, 1.54) is 19.3 Å². The minimum atomic E-state index is -0.0574. The molecule has 3 aromatic rings. The van der Waals surface area contributed by atoms with Crippen LogP contribution in [0.25, 0.3) is 5.65 Å². The van der Waals surface area contributed by atoms with Gasteiger partial charge in [-0.2, -0.15) is 0 Å². The van der Waals surface area contributed by atoms with Crippen molar-refractivity contribution in [3.05, 3.63) is 65.6 Å². The Morgan fingerprint density at radius 3 is 2.59 bits per heavy atom. The summed E-state index contributed by atoms with van der Waals surface area (Å²) in [5.74, 6) is 0.0318. The molecular formula is C26H35N5O. The zero-order valence-electron chi connectivity index (χ0n) is 19.6. The van der Waals surface area contributed by atoms with E-state index in [4.69, 9.17) is 0 Å². The standard InChI is InChI=1S/C26H35N5O/c1-20-8-7-16-31-24(19-28-26(20)31)23(21-9-11-22(12-10-21)29(2)3)18-25(32)27-13-17-30-14-5-4-6-15-30/h7-12,16,19,23H,4-6,13-15,17-18H2,1-3H3,(H,27,32)/t23-/m0/s1. The molecule has 1 atom stereocenters. The fraction of sp³-hybridized carbons (Fsp3) is 0.462. The first-order valence-electron chi connectivity index (χ1n) is 11.7. The number of nitrogens with zero attached hydrogens (tertiary/aromatic N) is 4. The molecule has 0 bridgehead atoms. The molecule has 0 unspecified atom stereocenters. The molecule has 1 saturated heterocycles. The first-order valence-corrected chi connectivity index (χ1v) is 11.7. The Labute approximate surface area is 191 Å². The molecule has 4 rings (SSSR count). The number of hydrogen-bond donors (Lipinski definition) is 1. The highest BCUT2D eigenvalue weighted by molar-refractivity contribution is 5.77. The van der Waals surface area contributed by atoms with Crippen LogP contribution in [0.4, 0.5) is 5.69 Å². The van der Waals surface area contributed by atoms with Crippen molar-refractivity contribution >= 4 is 17.2 Å². The highest BCUT2D eigenvalue weighted by Crippen LogP contribution is 2.30. The molecule has 6 heteroatoms. The molecule has 1 aliphatic heterocycles. The number of pyridine rings is 1. The topological polar surface area (TPSA) is 52.9 Å². The number of benzene rings is 1. The van der Waals surface area contributed by atoms with Crippen molar-refractivity contribution in [2.24, 2.45) is 0 Å². The number of aryl methyl sites for hydroxylation is 1. The number of anilines is 1. The summed E-state index contributed by atoms with van der Waals surface area (Å²) < 4.78 is 2.13. The van der Waals surface area contributed by atoms with Crippen LogP contribution in [-0.4, -0.2) is 60.5 Å². The van der Waals surface area contributed by atoms with Crippen molar-refractivity contribution in [2.75, 3.05) is 45.2 Å². The third kappa shape index (κ3) is 5.13. The molecule has 0 saturated carbocycles. The van der Waals surface area contributed by atoms with Crippen molar-refractivity contribution in [1.82, 2.24) is 19.6 Å². The Kier molecular flexibility index (Phi) is 7.10. The van der Waals surface area contributed by atoms with Gasteiger partial charge in [-0.15, -0.1) is 0 Å². The van der Waals surface area contributed by atoms with E-state index in [1.807, 2.05) is 32.6 Å². The summed E-state index contributed by atoms with van der Waals surface area (Å²) >= 11 is 0. The first kappa shape index (κ1) is 22.3. The number of likely N-dealkylation sites (tertiary alicyclic amines) is 1. The van der Waals surface area contributed by atoms with Crippen LogP contribution in [0, 0.1) is 6.92 Å². The van der Waals surface area contributed by atoms with E-state index >= 15 is 0 Å². The van der Waals surface area contributed by atoms with Crippen molar-refractivity contribution in [2.45, 2.75) is 38.5 Å². The van der Waals surface area contributed by atoms with Gasteiger partial charge in [0.2, 0.25) is 5.91 Å². The molecule has 0 radical (unpaired) electrons. The molecule has 32 heavy (non-hydrogen) atoms. The Morgan fingerprint density at radius 1 is 1.12 bits per heavy atom. The molecule has 1 amide bonds. The average Bonchev–Trinajstić information content (AvgIpc) is 3.23. The lowest BCUT2D eigenvalue weighted by Crippen LogP contribution is -2.38. The summed E-state index contributed by atoms with van der Waals surface area (Å²) in [6.07, 6.45) is 8.24. The minimum absolute atomic E-state index is 0.0574. The number of carbonyl (C=O) groups is 1. The van der Waals surface area contributed by atoms with E-state index in [-0.39, 0.29) is 11.8 Å². The zero-order chi connectivity index (χ0) is 22.5. The zero-order valence-corrected chi connectivity index (χ0v) is 19.6. The monoisotopic (exact) mass is 433 g/mol. The van der Waals surface area contributed by atoms with E-state index in [1.54, 1.807) is 0 Å². The van der Waals surface area contributed by atoms with Gasteiger partial charge in [0, 0.05) is 57.6 Å². The lowest BCUT2D eigenvalue weighted by molar-refractivity contribution is -0.121. The fourth-order valence-corrected chi connectivity index (χ4v) is 4.62. The second-order valence-electron chi connectivity index (χ2n) is 9.06. The number of carbonyl (C=O) groups excluding carboxylic acids is 1. The van der Waals surface area contributed by atoms with Crippen LogP contribution in [-0.2, 0) is 4.79 Å². The molecule has 0 spiro atoms. The van der Waals surface area contributed by atoms with Gasteiger partial charge >= 0.3 is 0 Å². The fourth-order valence-electron chi connectivity index (χ4n) is 4.62. The molecule has 1 aromatic carbocycles. The van der Waals surface area contributed by atoms with Crippen molar-refractivity contribution < 1.29 is 4.79 Å². The molecule has 1 aliphatic rings. The molecule has 1 fully saturated rings. The van der Waals surface area contributed by atoms with Crippen LogP contribution in [0.3, 0.4) is 0 Å². The SMILES string of the molecule is Cc1cccn2c([C@@H](CC(=O)NCCN3CCCCC3)c3ccc(N(C)C)cc3)cnc12. The van der Waals surface area contributed by atoms with Crippen LogP contribution in [0.1, 0.15) is 48.4 Å². The molecule has 0 aliphatic carbocycles. The number of imidazole rings is 1. The van der Waals surface area contributed by atoms with Crippen molar-refractivity contribution in [3.8, 4) is 0 Å². The molecule has 1 N–H and O–H groups in total. The quantitative estimate of drug-likeness (QED) is 0.587. The van der Waals surface area contributed by atoms with Crippen LogP contribution in [0.2, 0.25) is 0 Å². The summed E-state index contributed by atoms with van der Waals surface area (Å²) in [6, 6.07) is 12.6. The number of rotatable bonds is 8. The molecule has 3 heterocycles. The van der Waals surface area contributed by atoms with Crippen molar-refractivity contribution in [3.63, 3.8) is 0 Å². The Hall–Kier alpha value is -2.86. The smallest absolute Gasteiger partial charge is 0.221 e. The van der Waals surface area contributed by atoms with E-state index in [2.05, 4.69) is 61.8 Å². The minimum Gasteiger partial charge on any atom is -0.378 e. The maximum atomic E-state index is 13.0. The van der Waals surface area contributed by atoms with Crippen LogP contribution in [0.5, 0.6) is 0 Å². The van der Waals surface area contributed by atoms with E-state index < -0.39 is 0 Å². The first-order chi connectivity index (χ1) is 15.5. The summed E-state index contributed by atoms with van der Waals surface area (Å²) in [4.78, 5) is 22.2. The van der Waals surface area contributed by atoms with Gasteiger partial charge in [-0.1, -0.05) is 24.6 Å². The van der Waals surface area contributed by atoms with Gasteiger partial charge in [-0.05, 0) is 62.2 Å². The lowest BCUT2D eigenvalue weighted by Gasteiger charge is -2.26. The van der Waals surface area contributed by atoms with Gasteiger partial charge in [0.1, 0.15) is 5.65 Å². The molecule has 2 aromatic heterocycles. The second-order valence-corrected chi connectivity index (χ2v) is 9.06. The highest BCUT2D eigenvalue weighted by Gasteiger charge is 2.22. The van der Waals surface area contributed by atoms with Gasteiger partial charge in [-0.3, -0.25) is 4.79 Å². The Bertz CT molecular complexity index is 1030. The number of piperidine rings is 1. The van der Waals surface area contributed by atoms with E-state index in [0.717, 1.165) is 47.8 Å². The maximum Gasteiger partial charge on any atom is 0.221 e. The number of aromatic nitrogens is 2. The van der Waals surface area contributed by atoms with Gasteiger partial charge in [0.15, 0.2) is 0 Å². The molecule has 170 valence electrons. The maximum absolute atomic E-state index is 13.0. The number of amides is 1. The highest BCUT2D eigenvalue weighted by atomic mass is 16.1. The van der Waals surface area contributed by atoms with Crippen molar-refractivity contribution in [1.29, 1.82) is 0 Å². The number of fused-ring (bicyclic) bond motifs is 1. The predicted octanol–water partition coefficient (Wildman–Crippen LogP) is 3.83. The molecule has 6 nitrogen and oxygen atoms in total. The third-order valence-electron chi connectivity index (χ3n) is 6.52. The van der Waals surface area contributed by atoms with Gasteiger partial charge in [0.25, 0.3) is 0 Å². The Morgan fingerprint density at radius 2 is 1.88 bits per heavy atom. The summed E-state index contributed by atoms with van der Waals surface area (Å²) in [6.45, 7) is 6.01. The van der Waals surface area contributed by atoms with Crippen LogP contribution >= 0.6 is 0 Å². The van der Waals surface area contributed by atoms with Crippen LogP contribution in [0.15, 0.2) is 48.8 Å². The van der Waals surface area contributed by atoms with Gasteiger partial charge in [-0.25, -0.2) is 4.98 Å². The largest absolute Gasteiger partial charge is 0.378 e. The van der Waals surface area contributed by atoms with Crippen LogP contribution < -0.4 is 10.2 Å². The Balaban J connectivity index is 1.53. The lowest BCUT2D eigenvalue weighted by atomic mass is 9.92. The molecular weight excluding hydrogens is 398 g/mol. The predicted molar refractivity (Wildman–Crippen MR) is 130 cm³/mol. The summed E-state index contributed by atoms with van der Waals surface area (Å²) in [5, 5.41) is 3.16. The third-order valence-corrected chi connectivity index (χ3v) is 6.52. The van der Waals surface area contributed by atoms with E-state index in [0.29, 0.717) is 13.0 Å². The van der Waals surface area contributed by atoms with Gasteiger partial charge < -0.3 is 19.5 Å². The normalized spacial score (nSPS) is 15.6. The summed E-state index contributed by atoms with van der Waals surface area (Å²) in [7, 11) is 4.07. The second kappa shape index (κ2) is 10.2. The van der Waals surface area contributed by atoms with Gasteiger partial charge in [0.05, 0.1) is 5.69 Å².